The Bertz CT molecular complexity index is 576. The second kappa shape index (κ2) is 6.48. The summed E-state index contributed by atoms with van der Waals surface area (Å²) in [6, 6.07) is 7.65. The number of rotatable bonds is 5. The Balaban J connectivity index is 2.56. The van der Waals surface area contributed by atoms with Crippen LogP contribution in [0.15, 0.2) is 30.5 Å². The Kier molecular flexibility index (Phi) is 4.69. The summed E-state index contributed by atoms with van der Waals surface area (Å²) in [5, 5.41) is 0. The van der Waals surface area contributed by atoms with E-state index in [1.807, 2.05) is 24.3 Å². The zero-order chi connectivity index (χ0) is 14.5. The summed E-state index contributed by atoms with van der Waals surface area (Å²) < 4.78 is 16.0. The zero-order valence-electron chi connectivity index (χ0n) is 11.6. The Morgan fingerprint density at radius 3 is 2.10 bits per heavy atom. The molecule has 0 bridgehead atoms. The first-order chi connectivity index (χ1) is 9.73. The number of halogens is 1. The van der Waals surface area contributed by atoms with Crippen molar-refractivity contribution in [1.29, 1.82) is 0 Å². The van der Waals surface area contributed by atoms with Gasteiger partial charge in [-0.1, -0.05) is 0 Å². The second-order valence-corrected chi connectivity index (χ2v) is 4.35. The number of nitrogens with zero attached hydrogens (tertiary/aromatic N) is 1. The molecule has 0 N–H and O–H groups in total. The van der Waals surface area contributed by atoms with Crippen LogP contribution in [-0.4, -0.2) is 26.3 Å². The summed E-state index contributed by atoms with van der Waals surface area (Å²) in [4.78, 5) is 4.18. The first kappa shape index (κ1) is 14.5. The van der Waals surface area contributed by atoms with Gasteiger partial charge in [0.25, 0.3) is 0 Å². The molecule has 0 aliphatic rings. The molecule has 0 aliphatic heterocycles. The molecule has 2 rings (SSSR count). The van der Waals surface area contributed by atoms with Crippen molar-refractivity contribution in [3.63, 3.8) is 0 Å². The predicted molar refractivity (Wildman–Crippen MR) is 78.9 cm³/mol. The minimum atomic E-state index is 0.373. The normalized spacial score (nSPS) is 10.2. The molecule has 0 fully saturated rings. The molecule has 1 aromatic heterocycles. The summed E-state index contributed by atoms with van der Waals surface area (Å²) in [5.74, 6) is 2.18. The number of methoxy groups -OCH3 is 3. The van der Waals surface area contributed by atoms with Gasteiger partial charge >= 0.3 is 0 Å². The summed E-state index contributed by atoms with van der Waals surface area (Å²) in [7, 11) is 4.77. The maximum absolute atomic E-state index is 5.82. The molecule has 1 heterocycles. The molecule has 0 unspecified atom stereocenters. The Labute approximate surface area is 123 Å². The van der Waals surface area contributed by atoms with E-state index in [0.717, 1.165) is 16.8 Å². The number of aromatic nitrogens is 1. The van der Waals surface area contributed by atoms with Crippen LogP contribution in [0.3, 0.4) is 0 Å². The number of hydrogen-bond donors (Lipinski definition) is 0. The van der Waals surface area contributed by atoms with Crippen LogP contribution in [0.5, 0.6) is 17.2 Å². The van der Waals surface area contributed by atoms with E-state index in [4.69, 9.17) is 25.8 Å². The van der Waals surface area contributed by atoms with Crippen LogP contribution >= 0.6 is 11.6 Å². The first-order valence-electron chi connectivity index (χ1n) is 6.04. The van der Waals surface area contributed by atoms with E-state index in [1.165, 1.54) is 0 Å². The van der Waals surface area contributed by atoms with Crippen molar-refractivity contribution in [3.05, 3.63) is 36.2 Å². The Morgan fingerprint density at radius 2 is 1.60 bits per heavy atom. The fourth-order valence-electron chi connectivity index (χ4n) is 1.98. The molecule has 0 amide bonds. The highest BCUT2D eigenvalue weighted by molar-refractivity contribution is 6.16. The third-order valence-electron chi connectivity index (χ3n) is 2.95. The topological polar surface area (TPSA) is 40.6 Å². The van der Waals surface area contributed by atoms with Crippen molar-refractivity contribution in [3.8, 4) is 28.4 Å². The summed E-state index contributed by atoms with van der Waals surface area (Å²) >= 11 is 5.82. The highest BCUT2D eigenvalue weighted by Crippen LogP contribution is 2.41. The lowest BCUT2D eigenvalue weighted by Crippen LogP contribution is -1.96. The number of hydrogen-bond acceptors (Lipinski definition) is 4. The number of benzene rings is 1. The van der Waals surface area contributed by atoms with Gasteiger partial charge in [0.05, 0.1) is 32.9 Å². The van der Waals surface area contributed by atoms with E-state index >= 15 is 0 Å². The van der Waals surface area contributed by atoms with E-state index < -0.39 is 0 Å². The molecule has 0 aliphatic carbocycles. The molecule has 0 atom stereocenters. The van der Waals surface area contributed by atoms with Crippen molar-refractivity contribution < 1.29 is 14.2 Å². The van der Waals surface area contributed by atoms with Gasteiger partial charge in [-0.05, 0) is 35.4 Å². The molecule has 1 aromatic carbocycles. The van der Waals surface area contributed by atoms with E-state index in [1.54, 1.807) is 27.5 Å². The van der Waals surface area contributed by atoms with Gasteiger partial charge in [-0.3, -0.25) is 4.98 Å². The van der Waals surface area contributed by atoms with Gasteiger partial charge in [-0.25, -0.2) is 0 Å². The molecule has 0 spiro atoms. The molecule has 2 aromatic rings. The second-order valence-electron chi connectivity index (χ2n) is 4.08. The lowest BCUT2D eigenvalue weighted by molar-refractivity contribution is 0.324. The van der Waals surface area contributed by atoms with Crippen molar-refractivity contribution in [2.24, 2.45) is 0 Å². The molecule has 20 heavy (non-hydrogen) atoms. The van der Waals surface area contributed by atoms with Gasteiger partial charge in [0.2, 0.25) is 5.75 Å². The van der Waals surface area contributed by atoms with Crippen LogP contribution in [0.4, 0.5) is 0 Å². The highest BCUT2D eigenvalue weighted by Gasteiger charge is 2.14. The van der Waals surface area contributed by atoms with Crippen molar-refractivity contribution >= 4 is 11.6 Å². The Hall–Kier alpha value is -1.94. The van der Waals surface area contributed by atoms with Gasteiger partial charge in [-0.2, -0.15) is 0 Å². The third-order valence-corrected chi connectivity index (χ3v) is 3.23. The van der Waals surface area contributed by atoms with Crippen LogP contribution in [0.1, 0.15) is 5.69 Å². The van der Waals surface area contributed by atoms with Crippen LogP contribution in [-0.2, 0) is 5.88 Å². The van der Waals surface area contributed by atoms with Crippen LogP contribution in [0.2, 0.25) is 0 Å². The molecule has 5 heteroatoms. The van der Waals surface area contributed by atoms with E-state index in [-0.39, 0.29) is 0 Å². The molecular weight excluding hydrogens is 278 g/mol. The van der Waals surface area contributed by atoms with E-state index in [0.29, 0.717) is 23.1 Å². The minimum Gasteiger partial charge on any atom is -0.493 e. The fraction of sp³-hybridized carbons (Fsp3) is 0.267. The standard InChI is InChI=1S/C15H16ClNO3/c1-18-13-7-11(8-14(19-2)15(13)20-3)10-4-5-17-12(6-10)9-16/h4-8H,9H2,1-3H3. The van der Waals surface area contributed by atoms with Crippen molar-refractivity contribution in [2.75, 3.05) is 21.3 Å². The Morgan fingerprint density at radius 1 is 0.950 bits per heavy atom. The molecule has 0 saturated carbocycles. The molecular formula is C15H16ClNO3. The SMILES string of the molecule is COc1cc(-c2ccnc(CCl)c2)cc(OC)c1OC. The van der Waals surface area contributed by atoms with Crippen molar-refractivity contribution in [1.82, 2.24) is 4.98 Å². The highest BCUT2D eigenvalue weighted by atomic mass is 35.5. The number of alkyl halides is 1. The van der Waals surface area contributed by atoms with Crippen LogP contribution in [0, 0.1) is 0 Å². The van der Waals surface area contributed by atoms with E-state index in [2.05, 4.69) is 4.98 Å². The molecule has 4 nitrogen and oxygen atoms in total. The zero-order valence-corrected chi connectivity index (χ0v) is 12.4. The first-order valence-corrected chi connectivity index (χ1v) is 6.58. The summed E-state index contributed by atoms with van der Waals surface area (Å²) in [6.07, 6.45) is 1.73. The van der Waals surface area contributed by atoms with Gasteiger partial charge in [-0.15, -0.1) is 11.6 Å². The monoisotopic (exact) mass is 293 g/mol. The molecule has 0 saturated heterocycles. The average molecular weight is 294 g/mol. The van der Waals surface area contributed by atoms with Crippen LogP contribution < -0.4 is 14.2 Å². The van der Waals surface area contributed by atoms with Gasteiger partial charge < -0.3 is 14.2 Å². The van der Waals surface area contributed by atoms with Gasteiger partial charge in [0.15, 0.2) is 11.5 Å². The number of ether oxygens (including phenoxy) is 3. The lowest BCUT2D eigenvalue weighted by atomic mass is 10.0. The van der Waals surface area contributed by atoms with Crippen molar-refractivity contribution in [2.45, 2.75) is 5.88 Å². The number of pyridine rings is 1. The maximum atomic E-state index is 5.82. The average Bonchev–Trinajstić information content (AvgIpc) is 2.53. The maximum Gasteiger partial charge on any atom is 0.203 e. The predicted octanol–water partition coefficient (Wildman–Crippen LogP) is 3.51. The smallest absolute Gasteiger partial charge is 0.203 e. The lowest BCUT2D eigenvalue weighted by Gasteiger charge is -2.14. The summed E-state index contributed by atoms with van der Waals surface area (Å²) in [5.41, 5.74) is 2.76. The van der Waals surface area contributed by atoms with E-state index in [9.17, 15) is 0 Å². The third kappa shape index (κ3) is 2.80. The summed E-state index contributed by atoms with van der Waals surface area (Å²) in [6.45, 7) is 0. The largest absolute Gasteiger partial charge is 0.493 e. The quantitative estimate of drug-likeness (QED) is 0.791. The molecule has 0 radical (unpaired) electrons. The van der Waals surface area contributed by atoms with Gasteiger partial charge in [0, 0.05) is 6.20 Å². The van der Waals surface area contributed by atoms with Crippen LogP contribution in [0.25, 0.3) is 11.1 Å². The van der Waals surface area contributed by atoms with Gasteiger partial charge in [0.1, 0.15) is 0 Å². The molecule has 106 valence electrons. The fourth-order valence-corrected chi connectivity index (χ4v) is 2.12. The minimum absolute atomic E-state index is 0.373.